The minimum absolute atomic E-state index is 0.0754. The standard InChI is InChI=1S/C47H51N5/c1-31-12-11-14-36(24-31)50(41-16-7-5-13-32(41)2)37-26-34(42-17-9-10-23-49(42)4)27-38(28-37)51-44-30-48-22-21-40(44)45-39-15-6-8-18-43(39)52(46(45)51)47(3)29-33-19-20-35(47)25-33/h5-11,14-18,21-22,24,26-28,31-33,35,48H,12-13,19-20,23,25,29-30H2,1-4H3. The first-order valence-electron chi connectivity index (χ1n) is 19.7. The Bertz CT molecular complexity index is 2330. The SMILES string of the molecule is CC1C=C(N(C2=CC=CCC2C)c2cc(C3=CC=CCN3C)cc(-n3c4c(c5c6ccccc6n(C6(C)CC7CCC6C7)c53)C=CNC4)c2)C=CC1. The lowest BCUT2D eigenvalue weighted by Crippen LogP contribution is -2.36. The molecule has 2 aromatic carbocycles. The van der Waals surface area contributed by atoms with Crippen molar-refractivity contribution in [2.24, 2.45) is 23.7 Å². The van der Waals surface area contributed by atoms with Gasteiger partial charge in [-0.15, -0.1) is 0 Å². The van der Waals surface area contributed by atoms with Crippen LogP contribution in [0.15, 0.2) is 115 Å². The lowest BCUT2D eigenvalue weighted by atomic mass is 9.82. The quantitative estimate of drug-likeness (QED) is 0.219. The normalized spacial score (nSPS) is 27.6. The molecular weight excluding hydrogens is 635 g/mol. The number of allylic oxidation sites excluding steroid dienone is 9. The Morgan fingerprint density at radius 3 is 2.63 bits per heavy atom. The molecular formula is C47H51N5. The predicted molar refractivity (Wildman–Crippen MR) is 218 cm³/mol. The van der Waals surface area contributed by atoms with Crippen LogP contribution < -0.4 is 10.2 Å². The number of aromatic nitrogens is 2. The third-order valence-electron chi connectivity index (χ3n) is 13.2. The molecule has 2 aromatic heterocycles. The lowest BCUT2D eigenvalue weighted by Gasteiger charge is -2.38. The molecule has 2 bridgehead atoms. The molecule has 2 fully saturated rings. The molecule has 0 saturated heterocycles. The predicted octanol–water partition coefficient (Wildman–Crippen LogP) is 10.8. The topological polar surface area (TPSA) is 28.4 Å². The van der Waals surface area contributed by atoms with E-state index < -0.39 is 0 Å². The minimum Gasteiger partial charge on any atom is -0.385 e. The highest BCUT2D eigenvalue weighted by atomic mass is 15.2. The molecule has 4 heterocycles. The van der Waals surface area contributed by atoms with Crippen LogP contribution in [0, 0.1) is 23.7 Å². The van der Waals surface area contributed by atoms with Crippen LogP contribution >= 0.6 is 0 Å². The number of anilines is 1. The van der Waals surface area contributed by atoms with Crippen LogP contribution in [0.1, 0.15) is 76.1 Å². The summed E-state index contributed by atoms with van der Waals surface area (Å²) in [7, 11) is 2.22. The molecule has 10 rings (SSSR count). The monoisotopic (exact) mass is 685 g/mol. The molecule has 2 saturated carbocycles. The maximum atomic E-state index is 3.63. The molecule has 2 aliphatic heterocycles. The minimum atomic E-state index is 0.0754. The summed E-state index contributed by atoms with van der Waals surface area (Å²) in [4.78, 5) is 4.96. The van der Waals surface area contributed by atoms with E-state index >= 15 is 0 Å². The Kier molecular flexibility index (Phi) is 7.39. The van der Waals surface area contributed by atoms with Crippen LogP contribution in [0.25, 0.3) is 39.4 Å². The van der Waals surface area contributed by atoms with Crippen LogP contribution in [0.3, 0.4) is 0 Å². The van der Waals surface area contributed by atoms with E-state index in [9.17, 15) is 0 Å². The first kappa shape index (κ1) is 31.8. The summed E-state index contributed by atoms with van der Waals surface area (Å²) >= 11 is 0. The summed E-state index contributed by atoms with van der Waals surface area (Å²) in [5, 5.41) is 6.40. The molecule has 0 amide bonds. The Balaban J connectivity index is 1.30. The second-order valence-electron chi connectivity index (χ2n) is 16.7. The van der Waals surface area contributed by atoms with Crippen LogP contribution in [-0.4, -0.2) is 27.6 Å². The van der Waals surface area contributed by atoms with Gasteiger partial charge in [-0.2, -0.15) is 0 Å². The van der Waals surface area contributed by atoms with Crippen LogP contribution in [0.5, 0.6) is 0 Å². The van der Waals surface area contributed by atoms with Crippen molar-refractivity contribution in [3.8, 4) is 5.69 Å². The van der Waals surface area contributed by atoms with Crippen LogP contribution in [0.2, 0.25) is 0 Å². The fraction of sp³-hybridized carbons (Fsp3) is 0.362. The zero-order valence-corrected chi connectivity index (χ0v) is 31.1. The van der Waals surface area contributed by atoms with Gasteiger partial charge in [0.25, 0.3) is 0 Å². The number of para-hydroxylation sites is 1. The summed E-state index contributed by atoms with van der Waals surface area (Å²) in [6, 6.07) is 16.7. The molecule has 5 heteroatoms. The van der Waals surface area contributed by atoms with Gasteiger partial charge in [0.2, 0.25) is 0 Å². The van der Waals surface area contributed by atoms with Gasteiger partial charge in [0.15, 0.2) is 0 Å². The van der Waals surface area contributed by atoms with Gasteiger partial charge in [0, 0.05) is 69.7 Å². The maximum absolute atomic E-state index is 3.63. The van der Waals surface area contributed by atoms with Gasteiger partial charge < -0.3 is 19.7 Å². The number of nitrogens with one attached hydrogen (secondary N) is 1. The van der Waals surface area contributed by atoms with Crippen molar-refractivity contribution in [2.45, 2.75) is 71.4 Å². The highest BCUT2D eigenvalue weighted by Crippen LogP contribution is 2.57. The van der Waals surface area contributed by atoms with Crippen molar-refractivity contribution in [1.29, 1.82) is 0 Å². The fourth-order valence-electron chi connectivity index (χ4n) is 10.8. The van der Waals surface area contributed by atoms with E-state index in [-0.39, 0.29) is 5.54 Å². The first-order valence-corrected chi connectivity index (χ1v) is 19.7. The van der Waals surface area contributed by atoms with Crippen molar-refractivity contribution in [1.82, 2.24) is 19.4 Å². The van der Waals surface area contributed by atoms with Gasteiger partial charge >= 0.3 is 0 Å². The summed E-state index contributed by atoms with van der Waals surface area (Å²) < 4.78 is 5.48. The fourth-order valence-corrected chi connectivity index (χ4v) is 10.8. The second kappa shape index (κ2) is 12.1. The van der Waals surface area contributed by atoms with Crippen molar-refractivity contribution >= 4 is 39.4 Å². The van der Waals surface area contributed by atoms with E-state index in [4.69, 9.17) is 0 Å². The van der Waals surface area contributed by atoms with E-state index in [0.29, 0.717) is 17.8 Å². The average Bonchev–Trinajstić information content (AvgIpc) is 3.92. The maximum Gasteiger partial charge on any atom is 0.127 e. The third kappa shape index (κ3) is 4.81. The Morgan fingerprint density at radius 1 is 0.942 bits per heavy atom. The third-order valence-corrected chi connectivity index (χ3v) is 13.2. The van der Waals surface area contributed by atoms with Gasteiger partial charge in [-0.3, -0.25) is 4.57 Å². The molecule has 4 aromatic rings. The molecule has 0 radical (unpaired) electrons. The molecule has 5 unspecified atom stereocenters. The zero-order valence-electron chi connectivity index (χ0n) is 31.1. The second-order valence-corrected chi connectivity index (χ2v) is 16.7. The molecule has 6 aliphatic rings. The number of nitrogens with zero attached hydrogens (tertiary/aromatic N) is 4. The number of rotatable bonds is 6. The summed E-state index contributed by atoms with van der Waals surface area (Å²) in [6.45, 7) is 9.00. The molecule has 0 spiro atoms. The molecule has 1 N–H and O–H groups in total. The van der Waals surface area contributed by atoms with E-state index in [2.05, 4.69) is 161 Å². The average molecular weight is 686 g/mol. The summed E-state index contributed by atoms with van der Waals surface area (Å²) in [5.41, 5.74) is 13.1. The van der Waals surface area contributed by atoms with E-state index in [1.165, 1.54) is 92.9 Å². The zero-order chi connectivity index (χ0) is 35.1. The van der Waals surface area contributed by atoms with Crippen molar-refractivity contribution in [2.75, 3.05) is 18.5 Å². The Labute approximate surface area is 308 Å². The highest BCUT2D eigenvalue weighted by Gasteiger charge is 2.50. The van der Waals surface area contributed by atoms with Crippen molar-refractivity contribution < 1.29 is 0 Å². The van der Waals surface area contributed by atoms with E-state index in [1.807, 2.05) is 0 Å². The first-order chi connectivity index (χ1) is 25.4. The molecule has 264 valence electrons. The summed E-state index contributed by atoms with van der Waals surface area (Å²) in [5.74, 6) is 2.43. The Hall–Kier alpha value is -4.90. The highest BCUT2D eigenvalue weighted by molar-refractivity contribution is 6.13. The number of hydrogen-bond donors (Lipinski definition) is 1. The van der Waals surface area contributed by atoms with Crippen molar-refractivity contribution in [3.63, 3.8) is 0 Å². The van der Waals surface area contributed by atoms with Gasteiger partial charge in [-0.1, -0.05) is 68.5 Å². The van der Waals surface area contributed by atoms with Gasteiger partial charge in [-0.05, 0) is 118 Å². The molecule has 4 aliphatic carbocycles. The van der Waals surface area contributed by atoms with Gasteiger partial charge in [0.05, 0.1) is 23.4 Å². The van der Waals surface area contributed by atoms with Crippen LogP contribution in [-0.2, 0) is 12.1 Å². The van der Waals surface area contributed by atoms with Crippen molar-refractivity contribution in [3.05, 3.63) is 132 Å². The smallest absolute Gasteiger partial charge is 0.127 e. The Morgan fingerprint density at radius 2 is 1.83 bits per heavy atom. The van der Waals surface area contributed by atoms with Crippen LogP contribution in [0.4, 0.5) is 5.69 Å². The van der Waals surface area contributed by atoms with E-state index in [1.54, 1.807) is 0 Å². The number of fused-ring (bicyclic) bond motifs is 7. The number of hydrogen-bond acceptors (Lipinski definition) is 3. The van der Waals surface area contributed by atoms with E-state index in [0.717, 1.165) is 31.8 Å². The molecule has 5 atom stereocenters. The largest absolute Gasteiger partial charge is 0.385 e. The molecule has 5 nitrogen and oxygen atoms in total. The number of benzene rings is 2. The molecule has 52 heavy (non-hydrogen) atoms. The number of likely N-dealkylation sites (N-methyl/N-ethyl adjacent to an activating group) is 1. The van der Waals surface area contributed by atoms with Gasteiger partial charge in [0.1, 0.15) is 5.65 Å². The summed E-state index contributed by atoms with van der Waals surface area (Å²) in [6.07, 6.45) is 32.8. The van der Waals surface area contributed by atoms with Gasteiger partial charge in [-0.25, -0.2) is 0 Å². The lowest BCUT2D eigenvalue weighted by molar-refractivity contribution is 0.205.